The molecule has 0 aliphatic rings. The fourth-order valence-corrected chi connectivity index (χ4v) is 5.00. The Morgan fingerprint density at radius 1 is 1.13 bits per heavy atom. The summed E-state index contributed by atoms with van der Waals surface area (Å²) in [6.07, 6.45) is 2.53. The first-order valence-corrected chi connectivity index (χ1v) is 12.2. The number of carboxylic acids is 1. The Morgan fingerprint density at radius 2 is 1.89 bits per heavy atom. The number of H-pyrrole nitrogens is 1. The molecule has 0 aliphatic heterocycles. The first-order chi connectivity index (χ1) is 18.2. The summed E-state index contributed by atoms with van der Waals surface area (Å²) in [7, 11) is 2.82. The van der Waals surface area contributed by atoms with Crippen molar-refractivity contribution in [1.82, 2.24) is 15.2 Å². The van der Waals surface area contributed by atoms with Crippen molar-refractivity contribution in [2.45, 2.75) is 26.2 Å². The summed E-state index contributed by atoms with van der Waals surface area (Å²) in [5.41, 5.74) is 5.33. The third-order valence-corrected chi connectivity index (χ3v) is 6.90. The maximum Gasteiger partial charge on any atom is 0.336 e. The van der Waals surface area contributed by atoms with Crippen LogP contribution in [0, 0.1) is 18.3 Å². The number of nitrogens with one attached hydrogen (secondary N) is 2. The number of hydrogen-bond acceptors (Lipinski definition) is 4. The number of carboxylic acid groups (broad SMARTS) is 1. The van der Waals surface area contributed by atoms with E-state index in [1.165, 1.54) is 14.1 Å². The number of urea groups is 1. The molecule has 1 aromatic heterocycles. The summed E-state index contributed by atoms with van der Waals surface area (Å²) >= 11 is 0. The third kappa shape index (κ3) is 4.62. The van der Waals surface area contributed by atoms with Gasteiger partial charge in [-0.2, -0.15) is 5.26 Å². The maximum atomic E-state index is 12.9. The molecule has 0 fully saturated rings. The van der Waals surface area contributed by atoms with Gasteiger partial charge in [-0.15, -0.1) is 0 Å². The Bertz CT molecular complexity index is 1610. The van der Waals surface area contributed by atoms with E-state index in [2.05, 4.69) is 16.4 Å². The number of hydrogen-bond donors (Lipinski definition) is 3. The molecule has 1 unspecified atom stereocenters. The maximum absolute atomic E-state index is 12.9. The van der Waals surface area contributed by atoms with Gasteiger partial charge < -0.3 is 15.4 Å². The number of carbonyl (C=O) groups excluding carboxylic acids is 2. The molecule has 0 saturated carbocycles. The topological polar surface area (TPSA) is 126 Å². The smallest absolute Gasteiger partial charge is 0.336 e. The molecule has 3 N–H and O–H groups in total. The zero-order chi connectivity index (χ0) is 27.6. The van der Waals surface area contributed by atoms with E-state index in [1.807, 2.05) is 32.2 Å². The Labute approximate surface area is 220 Å². The standard InChI is InChI=1S/C30H28N4O4/c1-5-21(24-16-33-25-13-18(15-31)10-12-23(24)25)26-17(2)9-11-22(27(26)29(36)37)19-7-6-8-20(14-19)28(35)34(4)30(38)32-3/h6-14,16,21,33H,5H2,1-4H3,(H,32,38)(H,36,37). The second-order valence-corrected chi connectivity index (χ2v) is 9.10. The van der Waals surface area contributed by atoms with Crippen molar-refractivity contribution in [3.05, 3.63) is 94.2 Å². The SMILES string of the molecule is CCC(c1c(C)ccc(-c2cccc(C(=O)N(C)C(=O)NC)c2)c1C(=O)O)c1c[nH]c2cc(C#N)ccc12. The van der Waals surface area contributed by atoms with Crippen LogP contribution in [0.5, 0.6) is 0 Å². The van der Waals surface area contributed by atoms with Gasteiger partial charge in [0.15, 0.2) is 0 Å². The van der Waals surface area contributed by atoms with Crippen molar-refractivity contribution in [3.63, 3.8) is 0 Å². The molecule has 1 heterocycles. The van der Waals surface area contributed by atoms with Crippen LogP contribution >= 0.6 is 0 Å². The number of carbonyl (C=O) groups is 3. The fraction of sp³-hybridized carbons (Fsp3) is 0.200. The molecule has 4 aromatic rings. The summed E-state index contributed by atoms with van der Waals surface area (Å²) < 4.78 is 0. The molecule has 0 aliphatic carbocycles. The summed E-state index contributed by atoms with van der Waals surface area (Å²) in [6, 6.07) is 17.3. The average Bonchev–Trinajstić information content (AvgIpc) is 3.35. The summed E-state index contributed by atoms with van der Waals surface area (Å²) in [4.78, 5) is 41.8. The van der Waals surface area contributed by atoms with E-state index in [-0.39, 0.29) is 17.0 Å². The zero-order valence-electron chi connectivity index (χ0n) is 21.6. The molecule has 192 valence electrons. The van der Waals surface area contributed by atoms with Crippen LogP contribution in [0.2, 0.25) is 0 Å². The van der Waals surface area contributed by atoms with E-state index in [0.29, 0.717) is 28.7 Å². The van der Waals surface area contributed by atoms with E-state index in [4.69, 9.17) is 0 Å². The number of aromatic amines is 1. The fourth-order valence-electron chi connectivity index (χ4n) is 5.00. The lowest BCUT2D eigenvalue weighted by Crippen LogP contribution is -2.39. The van der Waals surface area contributed by atoms with Crippen LogP contribution in [0.15, 0.2) is 60.8 Å². The molecule has 0 radical (unpaired) electrons. The van der Waals surface area contributed by atoms with Gasteiger partial charge in [0.2, 0.25) is 0 Å². The minimum Gasteiger partial charge on any atom is -0.478 e. The van der Waals surface area contributed by atoms with Crippen LogP contribution in [0.4, 0.5) is 4.79 Å². The lowest BCUT2D eigenvalue weighted by Gasteiger charge is -2.23. The van der Waals surface area contributed by atoms with Gasteiger partial charge in [0, 0.05) is 42.7 Å². The van der Waals surface area contributed by atoms with Crippen molar-refractivity contribution in [3.8, 4) is 17.2 Å². The molecule has 1 atom stereocenters. The van der Waals surface area contributed by atoms with Crippen molar-refractivity contribution in [2.75, 3.05) is 14.1 Å². The van der Waals surface area contributed by atoms with Crippen molar-refractivity contribution in [1.29, 1.82) is 5.26 Å². The number of benzene rings is 3. The van der Waals surface area contributed by atoms with Crippen molar-refractivity contribution < 1.29 is 19.5 Å². The molecule has 0 bridgehead atoms. The van der Waals surface area contributed by atoms with Crippen LogP contribution in [0.3, 0.4) is 0 Å². The van der Waals surface area contributed by atoms with Gasteiger partial charge in [-0.3, -0.25) is 9.69 Å². The number of nitriles is 1. The largest absolute Gasteiger partial charge is 0.478 e. The van der Waals surface area contributed by atoms with E-state index in [0.717, 1.165) is 26.9 Å². The Morgan fingerprint density at radius 3 is 2.55 bits per heavy atom. The highest BCUT2D eigenvalue weighted by Gasteiger charge is 2.27. The van der Waals surface area contributed by atoms with Gasteiger partial charge in [0.05, 0.1) is 17.2 Å². The molecule has 8 nitrogen and oxygen atoms in total. The van der Waals surface area contributed by atoms with Crippen molar-refractivity contribution >= 4 is 28.8 Å². The minimum atomic E-state index is -1.07. The van der Waals surface area contributed by atoms with Gasteiger partial charge in [-0.1, -0.05) is 37.3 Å². The number of fused-ring (bicyclic) bond motifs is 1. The molecule has 4 rings (SSSR count). The van der Waals surface area contributed by atoms with E-state index in [1.54, 1.807) is 42.5 Å². The quantitative estimate of drug-likeness (QED) is 0.309. The summed E-state index contributed by atoms with van der Waals surface area (Å²) in [5, 5.41) is 23.1. The highest BCUT2D eigenvalue weighted by molar-refractivity contribution is 6.05. The van der Waals surface area contributed by atoms with Crippen molar-refractivity contribution in [2.24, 2.45) is 0 Å². The lowest BCUT2D eigenvalue weighted by atomic mass is 9.80. The van der Waals surface area contributed by atoms with Crippen LogP contribution in [-0.2, 0) is 0 Å². The van der Waals surface area contributed by atoms with Gasteiger partial charge >= 0.3 is 12.0 Å². The number of aromatic nitrogens is 1. The minimum absolute atomic E-state index is 0.170. The number of aromatic carboxylic acids is 1. The van der Waals surface area contributed by atoms with Gasteiger partial charge in [-0.05, 0) is 65.4 Å². The molecular weight excluding hydrogens is 480 g/mol. The second-order valence-electron chi connectivity index (χ2n) is 9.10. The van der Waals surface area contributed by atoms with E-state index >= 15 is 0 Å². The molecule has 3 aromatic carbocycles. The van der Waals surface area contributed by atoms with Crippen LogP contribution in [0.25, 0.3) is 22.0 Å². The Balaban J connectivity index is 1.88. The van der Waals surface area contributed by atoms with Gasteiger partial charge in [-0.25, -0.2) is 9.59 Å². The van der Waals surface area contributed by atoms with Crippen LogP contribution in [0.1, 0.15) is 62.2 Å². The number of rotatable bonds is 6. The number of nitrogens with zero attached hydrogens (tertiary/aromatic N) is 2. The molecular formula is C30H28N4O4. The molecule has 3 amide bonds. The molecule has 0 spiro atoms. The van der Waals surface area contributed by atoms with Crippen LogP contribution < -0.4 is 5.32 Å². The zero-order valence-corrected chi connectivity index (χ0v) is 21.6. The first kappa shape index (κ1) is 26.2. The second kappa shape index (κ2) is 10.6. The number of amides is 3. The van der Waals surface area contributed by atoms with Gasteiger partial charge in [0.1, 0.15) is 0 Å². The number of imide groups is 1. The lowest BCUT2D eigenvalue weighted by molar-refractivity contribution is 0.0695. The highest BCUT2D eigenvalue weighted by atomic mass is 16.4. The predicted molar refractivity (Wildman–Crippen MR) is 145 cm³/mol. The number of aryl methyl sites for hydroxylation is 1. The predicted octanol–water partition coefficient (Wildman–Crippen LogP) is 5.67. The van der Waals surface area contributed by atoms with E-state index < -0.39 is 17.9 Å². The van der Waals surface area contributed by atoms with Gasteiger partial charge in [0.25, 0.3) is 5.91 Å². The summed E-state index contributed by atoms with van der Waals surface area (Å²) in [5.74, 6) is -1.80. The third-order valence-electron chi connectivity index (χ3n) is 6.90. The normalized spacial score (nSPS) is 11.6. The summed E-state index contributed by atoms with van der Waals surface area (Å²) in [6.45, 7) is 3.91. The van der Waals surface area contributed by atoms with E-state index in [9.17, 15) is 24.8 Å². The molecule has 38 heavy (non-hydrogen) atoms. The van der Waals surface area contributed by atoms with Crippen LogP contribution in [-0.4, -0.2) is 47.0 Å². The molecule has 8 heteroatoms. The highest BCUT2D eigenvalue weighted by Crippen LogP contribution is 2.40. The Kier molecular flexibility index (Phi) is 7.31. The first-order valence-electron chi connectivity index (χ1n) is 12.2. The average molecular weight is 509 g/mol. The Hall–Kier alpha value is -4.90. The molecule has 0 saturated heterocycles. The monoisotopic (exact) mass is 508 g/mol.